The van der Waals surface area contributed by atoms with Crippen LogP contribution in [0.25, 0.3) is 10.9 Å². The molecular formula is C30H30ClFN4O5S. The Labute approximate surface area is 252 Å². The Morgan fingerprint density at radius 2 is 1.95 bits per heavy atom. The largest absolute Gasteiger partial charge is 0.493 e. The third kappa shape index (κ3) is 6.91. The molecule has 1 aromatic heterocycles. The van der Waals surface area contributed by atoms with E-state index < -0.39 is 11.9 Å². The molecule has 0 radical (unpaired) electrons. The van der Waals surface area contributed by atoms with Gasteiger partial charge in [-0.3, -0.25) is 0 Å². The van der Waals surface area contributed by atoms with Gasteiger partial charge in [0.1, 0.15) is 12.1 Å². The number of carboxylic acid groups (broad SMARTS) is 1. The molecule has 4 aromatic rings. The molecule has 1 aliphatic rings. The van der Waals surface area contributed by atoms with Gasteiger partial charge in [-0.15, -0.1) is 11.8 Å². The molecule has 1 aliphatic heterocycles. The highest BCUT2D eigenvalue weighted by Crippen LogP contribution is 2.34. The fourth-order valence-electron chi connectivity index (χ4n) is 4.83. The van der Waals surface area contributed by atoms with E-state index in [4.69, 9.17) is 25.8 Å². The lowest BCUT2D eigenvalue weighted by molar-refractivity contribution is 0.137. The first-order valence-corrected chi connectivity index (χ1v) is 14.5. The predicted octanol–water partition coefficient (Wildman–Crippen LogP) is 6.72. The van der Waals surface area contributed by atoms with Gasteiger partial charge in [0.15, 0.2) is 18.2 Å². The number of anilines is 1. The van der Waals surface area contributed by atoms with Gasteiger partial charge in [-0.1, -0.05) is 17.7 Å². The molecule has 1 saturated heterocycles. The first kappa shape index (κ1) is 29.5. The van der Waals surface area contributed by atoms with E-state index >= 15 is 0 Å². The number of rotatable bonds is 10. The normalized spacial score (nSPS) is 15.0. The minimum Gasteiger partial charge on any atom is -0.493 e. The topological polar surface area (TPSA) is 97.3 Å². The number of nitrogens with zero attached hydrogens (tertiary/aromatic N) is 4. The molecule has 9 nitrogen and oxygen atoms in total. The fraction of sp³-hybridized carbons (Fsp3) is 0.300. The summed E-state index contributed by atoms with van der Waals surface area (Å²) in [5, 5.41) is 10.3. The van der Waals surface area contributed by atoms with E-state index in [-0.39, 0.29) is 17.0 Å². The Kier molecular flexibility index (Phi) is 9.38. The number of hydrogen-bond acceptors (Lipinski definition) is 8. The van der Waals surface area contributed by atoms with E-state index in [1.165, 1.54) is 17.3 Å². The standard InChI is InChI=1S/C30H30ClFN4O5S/c1-39-27-10-5-19(12-28(27)40-2)15-36(20-6-8-25(32)24(31)13-20)18-41-29-23-14-21(7-9-26(23)33-17-34-29)42-22-4-3-11-35(16-22)30(37)38/h5-10,12-14,17,22H,3-4,11,15-16,18H2,1-2H3,(H,37,38)/t22-/m1/s1. The summed E-state index contributed by atoms with van der Waals surface area (Å²) in [4.78, 5) is 24.6. The van der Waals surface area contributed by atoms with Gasteiger partial charge in [0.2, 0.25) is 5.88 Å². The molecule has 0 saturated carbocycles. The number of amides is 1. The van der Waals surface area contributed by atoms with Crippen molar-refractivity contribution in [2.75, 3.05) is 38.9 Å². The van der Waals surface area contributed by atoms with Crippen molar-refractivity contribution >= 4 is 46.0 Å². The van der Waals surface area contributed by atoms with Gasteiger partial charge in [-0.05, 0) is 66.9 Å². The van der Waals surface area contributed by atoms with Crippen molar-refractivity contribution in [2.24, 2.45) is 0 Å². The molecule has 2 heterocycles. The quantitative estimate of drug-likeness (QED) is 0.196. The summed E-state index contributed by atoms with van der Waals surface area (Å²) in [7, 11) is 3.15. The molecule has 42 heavy (non-hydrogen) atoms. The Morgan fingerprint density at radius 1 is 1.12 bits per heavy atom. The Hall–Kier alpha value is -3.96. The third-order valence-electron chi connectivity index (χ3n) is 6.97. The van der Waals surface area contributed by atoms with E-state index in [9.17, 15) is 14.3 Å². The summed E-state index contributed by atoms with van der Waals surface area (Å²) >= 11 is 7.77. The SMILES string of the molecule is COc1ccc(CN(COc2ncnc3ccc(S[C@@H]4CCCN(C(=O)O)C4)cc23)c2ccc(F)c(Cl)c2)cc1OC. The second kappa shape index (κ2) is 13.3. The van der Waals surface area contributed by atoms with Gasteiger partial charge in [0.05, 0.1) is 30.1 Å². The van der Waals surface area contributed by atoms with Crippen molar-refractivity contribution in [1.29, 1.82) is 0 Å². The van der Waals surface area contributed by atoms with Gasteiger partial charge < -0.3 is 29.1 Å². The number of halogens is 2. The van der Waals surface area contributed by atoms with Gasteiger partial charge in [0.25, 0.3) is 0 Å². The summed E-state index contributed by atoms with van der Waals surface area (Å²) in [6.45, 7) is 1.53. The minimum absolute atomic E-state index is 0.00291. The molecule has 3 aromatic carbocycles. The summed E-state index contributed by atoms with van der Waals surface area (Å²) < 4.78 is 31.1. The van der Waals surface area contributed by atoms with E-state index in [2.05, 4.69) is 9.97 Å². The van der Waals surface area contributed by atoms with Crippen LogP contribution in [0, 0.1) is 5.82 Å². The summed E-state index contributed by atoms with van der Waals surface area (Å²) in [6, 6.07) is 16.0. The van der Waals surface area contributed by atoms with Crippen molar-refractivity contribution in [3.05, 3.63) is 77.3 Å². The van der Waals surface area contributed by atoms with Crippen LogP contribution in [0.15, 0.2) is 65.8 Å². The number of ether oxygens (including phenoxy) is 3. The number of aromatic nitrogens is 2. The van der Waals surface area contributed by atoms with Crippen LogP contribution in [0.5, 0.6) is 17.4 Å². The number of fused-ring (bicyclic) bond motifs is 1. The second-order valence-corrected chi connectivity index (χ2v) is 11.5. The maximum absolute atomic E-state index is 14.0. The molecule has 220 valence electrons. The highest BCUT2D eigenvalue weighted by Gasteiger charge is 2.24. The Balaban J connectivity index is 1.39. The van der Waals surface area contributed by atoms with Crippen LogP contribution >= 0.6 is 23.4 Å². The van der Waals surface area contributed by atoms with Crippen LogP contribution in [0.4, 0.5) is 14.9 Å². The van der Waals surface area contributed by atoms with Gasteiger partial charge in [-0.25, -0.2) is 19.2 Å². The maximum Gasteiger partial charge on any atom is 0.407 e. The van der Waals surface area contributed by atoms with Crippen LogP contribution in [0.1, 0.15) is 18.4 Å². The molecule has 1 atom stereocenters. The monoisotopic (exact) mass is 612 g/mol. The summed E-state index contributed by atoms with van der Waals surface area (Å²) in [6.07, 6.45) is 2.33. The molecule has 0 aliphatic carbocycles. The fourth-order valence-corrected chi connectivity index (χ4v) is 6.26. The Morgan fingerprint density at radius 3 is 2.71 bits per heavy atom. The zero-order chi connectivity index (χ0) is 29.6. The lowest BCUT2D eigenvalue weighted by Gasteiger charge is -2.30. The van der Waals surface area contributed by atoms with Crippen molar-refractivity contribution in [3.8, 4) is 17.4 Å². The van der Waals surface area contributed by atoms with Crippen molar-refractivity contribution < 1.29 is 28.5 Å². The second-order valence-electron chi connectivity index (χ2n) is 9.73. The van der Waals surface area contributed by atoms with Gasteiger partial charge in [0, 0.05) is 35.5 Å². The number of piperidine rings is 1. The van der Waals surface area contributed by atoms with E-state index in [1.54, 1.807) is 38.1 Å². The average molecular weight is 613 g/mol. The number of benzene rings is 3. The average Bonchev–Trinajstić information content (AvgIpc) is 3.00. The number of carbonyl (C=O) groups is 1. The molecular weight excluding hydrogens is 583 g/mol. The van der Waals surface area contributed by atoms with E-state index in [0.717, 1.165) is 34.2 Å². The van der Waals surface area contributed by atoms with Crippen LogP contribution < -0.4 is 19.1 Å². The summed E-state index contributed by atoms with van der Waals surface area (Å²) in [5.41, 5.74) is 2.29. The third-order valence-corrected chi connectivity index (χ3v) is 8.50. The molecule has 1 amide bonds. The zero-order valence-corrected chi connectivity index (χ0v) is 24.7. The number of hydrogen-bond donors (Lipinski definition) is 1. The minimum atomic E-state index is -0.886. The highest BCUT2D eigenvalue weighted by molar-refractivity contribution is 8.00. The lowest BCUT2D eigenvalue weighted by atomic mass is 10.1. The number of methoxy groups -OCH3 is 2. The predicted molar refractivity (Wildman–Crippen MR) is 161 cm³/mol. The highest BCUT2D eigenvalue weighted by atomic mass is 35.5. The van der Waals surface area contributed by atoms with E-state index in [1.807, 2.05) is 41.3 Å². The van der Waals surface area contributed by atoms with Crippen molar-refractivity contribution in [1.82, 2.24) is 14.9 Å². The molecule has 0 bridgehead atoms. The molecule has 5 rings (SSSR count). The van der Waals surface area contributed by atoms with Gasteiger partial charge >= 0.3 is 6.09 Å². The van der Waals surface area contributed by atoms with Crippen LogP contribution in [0.3, 0.4) is 0 Å². The van der Waals surface area contributed by atoms with Crippen molar-refractivity contribution in [2.45, 2.75) is 29.5 Å². The molecule has 0 spiro atoms. The number of likely N-dealkylation sites (tertiary alicyclic amines) is 1. The number of thioether (sulfide) groups is 1. The first-order valence-electron chi connectivity index (χ1n) is 13.3. The van der Waals surface area contributed by atoms with Gasteiger partial charge in [-0.2, -0.15) is 0 Å². The Bertz CT molecular complexity index is 1580. The molecule has 1 fully saturated rings. The first-order chi connectivity index (χ1) is 20.3. The van der Waals surface area contributed by atoms with Crippen LogP contribution in [-0.2, 0) is 6.54 Å². The maximum atomic E-state index is 14.0. The lowest BCUT2D eigenvalue weighted by Crippen LogP contribution is -2.40. The molecule has 1 N–H and O–H groups in total. The van der Waals surface area contributed by atoms with Crippen molar-refractivity contribution in [3.63, 3.8) is 0 Å². The summed E-state index contributed by atoms with van der Waals surface area (Å²) in [5.74, 6) is 1.08. The van der Waals surface area contributed by atoms with Crippen LogP contribution in [-0.4, -0.2) is 65.4 Å². The molecule has 12 heteroatoms. The zero-order valence-electron chi connectivity index (χ0n) is 23.1. The van der Waals surface area contributed by atoms with Crippen LogP contribution in [0.2, 0.25) is 5.02 Å². The van der Waals surface area contributed by atoms with E-state index in [0.29, 0.717) is 42.7 Å². The molecule has 0 unspecified atom stereocenters. The smallest absolute Gasteiger partial charge is 0.407 e.